The lowest BCUT2D eigenvalue weighted by Crippen LogP contribution is -2.28. The fourth-order valence-corrected chi connectivity index (χ4v) is 4.36. The van der Waals surface area contributed by atoms with Crippen LogP contribution in [0.2, 0.25) is 0 Å². The summed E-state index contributed by atoms with van der Waals surface area (Å²) in [5, 5.41) is 0.714. The maximum atomic E-state index is 13.1. The van der Waals surface area contributed by atoms with Gasteiger partial charge in [-0.05, 0) is 73.4 Å². The Bertz CT molecular complexity index is 1010. The maximum Gasteiger partial charge on any atom is 0.266 e. The fourth-order valence-electron chi connectivity index (χ4n) is 3.30. The zero-order chi connectivity index (χ0) is 23.1. The topological polar surface area (TPSA) is 51.1 Å². The van der Waals surface area contributed by atoms with Crippen LogP contribution in [0.3, 0.4) is 0 Å². The summed E-state index contributed by atoms with van der Waals surface area (Å²) in [7, 11) is 0. The molecule has 2 aromatic carbocycles. The van der Waals surface area contributed by atoms with Gasteiger partial charge in [0.15, 0.2) is 16.7 Å². The first-order valence-corrected chi connectivity index (χ1v) is 12.1. The van der Waals surface area contributed by atoms with E-state index in [9.17, 15) is 4.79 Å². The number of amidine groups is 1. The Labute approximate surface area is 195 Å². The first kappa shape index (κ1) is 23.9. The van der Waals surface area contributed by atoms with Crippen LogP contribution in [-0.2, 0) is 11.2 Å². The Morgan fingerprint density at radius 2 is 1.84 bits per heavy atom. The maximum absolute atomic E-state index is 13.1. The molecule has 0 unspecified atom stereocenters. The molecule has 0 atom stereocenters. The van der Waals surface area contributed by atoms with E-state index in [0.717, 1.165) is 23.4 Å². The standard InChI is InChI=1S/C26H32N2O3S/c1-6-20-11-9-10-12-21(20)27-26-28(7-2)25(29)24(32-26)16-19-13-14-22(31-17-18(4)5)23(15-19)30-8-3/h9-16,18H,6-8,17H2,1-5H3/b24-16+,27-26?. The minimum atomic E-state index is -0.0247. The summed E-state index contributed by atoms with van der Waals surface area (Å²) in [6.45, 7) is 12.0. The number of nitrogens with zero attached hydrogens (tertiary/aromatic N) is 2. The van der Waals surface area contributed by atoms with E-state index in [0.29, 0.717) is 41.5 Å². The van der Waals surface area contributed by atoms with Crippen molar-refractivity contribution in [2.45, 2.75) is 41.0 Å². The Kier molecular flexibility index (Phi) is 8.39. The van der Waals surface area contributed by atoms with Crippen molar-refractivity contribution in [3.63, 3.8) is 0 Å². The fraction of sp³-hybridized carbons (Fsp3) is 0.385. The molecule has 5 nitrogen and oxygen atoms in total. The second-order valence-corrected chi connectivity index (χ2v) is 8.89. The Balaban J connectivity index is 1.90. The van der Waals surface area contributed by atoms with Crippen LogP contribution in [0.1, 0.15) is 45.7 Å². The molecule has 2 aromatic rings. The average molecular weight is 453 g/mol. The predicted octanol–water partition coefficient (Wildman–Crippen LogP) is 6.31. The molecule has 170 valence electrons. The van der Waals surface area contributed by atoms with E-state index in [2.05, 4.69) is 26.8 Å². The highest BCUT2D eigenvalue weighted by molar-refractivity contribution is 8.18. The third-order valence-corrected chi connectivity index (χ3v) is 5.94. The van der Waals surface area contributed by atoms with Crippen LogP contribution < -0.4 is 9.47 Å². The number of hydrogen-bond acceptors (Lipinski definition) is 5. The Morgan fingerprint density at radius 1 is 1.06 bits per heavy atom. The van der Waals surface area contributed by atoms with Gasteiger partial charge in [-0.25, -0.2) is 4.99 Å². The summed E-state index contributed by atoms with van der Waals surface area (Å²) < 4.78 is 11.7. The number of ether oxygens (including phenoxy) is 2. The average Bonchev–Trinajstić information content (AvgIpc) is 3.07. The van der Waals surface area contributed by atoms with Crippen molar-refractivity contribution >= 4 is 34.6 Å². The normalized spacial score (nSPS) is 16.4. The second-order valence-electron chi connectivity index (χ2n) is 7.88. The minimum absolute atomic E-state index is 0.0247. The monoisotopic (exact) mass is 452 g/mol. The first-order valence-electron chi connectivity index (χ1n) is 11.2. The molecule has 6 heteroatoms. The van der Waals surface area contributed by atoms with E-state index < -0.39 is 0 Å². The number of likely N-dealkylation sites (N-methyl/N-ethyl adjacent to an activating group) is 1. The molecular weight excluding hydrogens is 420 g/mol. The molecule has 1 aliphatic heterocycles. The highest BCUT2D eigenvalue weighted by Crippen LogP contribution is 2.36. The van der Waals surface area contributed by atoms with Gasteiger partial charge in [-0.2, -0.15) is 0 Å². The molecule has 1 fully saturated rings. The summed E-state index contributed by atoms with van der Waals surface area (Å²) >= 11 is 1.41. The van der Waals surface area contributed by atoms with Crippen molar-refractivity contribution in [3.05, 3.63) is 58.5 Å². The van der Waals surface area contributed by atoms with Crippen LogP contribution in [0.15, 0.2) is 52.4 Å². The van der Waals surface area contributed by atoms with E-state index in [1.54, 1.807) is 4.90 Å². The highest BCUT2D eigenvalue weighted by atomic mass is 32.2. The van der Waals surface area contributed by atoms with Gasteiger partial charge in [0.25, 0.3) is 5.91 Å². The summed E-state index contributed by atoms with van der Waals surface area (Å²) in [5.41, 5.74) is 2.97. The number of aliphatic imine (C=N–C) groups is 1. The van der Waals surface area contributed by atoms with Crippen molar-refractivity contribution in [3.8, 4) is 11.5 Å². The van der Waals surface area contributed by atoms with Gasteiger partial charge < -0.3 is 9.47 Å². The molecule has 1 amide bonds. The number of hydrogen-bond donors (Lipinski definition) is 0. The molecule has 32 heavy (non-hydrogen) atoms. The van der Waals surface area contributed by atoms with Gasteiger partial charge in [-0.3, -0.25) is 9.69 Å². The van der Waals surface area contributed by atoms with Crippen LogP contribution >= 0.6 is 11.8 Å². The lowest BCUT2D eigenvalue weighted by Gasteiger charge is -2.14. The van der Waals surface area contributed by atoms with E-state index in [1.165, 1.54) is 17.3 Å². The predicted molar refractivity (Wildman–Crippen MR) is 134 cm³/mol. The van der Waals surface area contributed by atoms with E-state index in [-0.39, 0.29) is 5.91 Å². The lowest BCUT2D eigenvalue weighted by molar-refractivity contribution is -0.122. The van der Waals surface area contributed by atoms with Crippen LogP contribution in [-0.4, -0.2) is 35.7 Å². The van der Waals surface area contributed by atoms with Crippen LogP contribution in [0, 0.1) is 5.92 Å². The summed E-state index contributed by atoms with van der Waals surface area (Å²) in [6.07, 6.45) is 2.80. The van der Waals surface area contributed by atoms with E-state index in [1.807, 2.05) is 56.3 Å². The molecule has 0 spiro atoms. The quantitative estimate of drug-likeness (QED) is 0.419. The summed E-state index contributed by atoms with van der Waals surface area (Å²) in [4.78, 5) is 20.3. The number of para-hydroxylation sites is 1. The van der Waals surface area contributed by atoms with Crippen LogP contribution in [0.25, 0.3) is 6.08 Å². The first-order chi connectivity index (χ1) is 15.5. The Hall–Kier alpha value is -2.73. The molecule has 1 heterocycles. The van der Waals surface area contributed by atoms with Gasteiger partial charge in [-0.1, -0.05) is 45.0 Å². The molecule has 1 aliphatic rings. The van der Waals surface area contributed by atoms with Gasteiger partial charge in [-0.15, -0.1) is 0 Å². The summed E-state index contributed by atoms with van der Waals surface area (Å²) in [6, 6.07) is 13.9. The van der Waals surface area contributed by atoms with Gasteiger partial charge in [0.2, 0.25) is 0 Å². The minimum Gasteiger partial charge on any atom is -0.490 e. The molecule has 0 bridgehead atoms. The molecule has 0 N–H and O–H groups in total. The SMILES string of the molecule is CCOc1cc(/C=C2/SC(=Nc3ccccc3CC)N(CC)C2=O)ccc1OCC(C)C. The van der Waals surface area contributed by atoms with Crippen molar-refractivity contribution in [2.24, 2.45) is 10.9 Å². The van der Waals surface area contributed by atoms with Gasteiger partial charge in [0.05, 0.1) is 23.8 Å². The van der Waals surface area contributed by atoms with E-state index in [4.69, 9.17) is 14.5 Å². The summed E-state index contributed by atoms with van der Waals surface area (Å²) in [5.74, 6) is 1.82. The number of benzene rings is 2. The Morgan fingerprint density at radius 3 is 2.53 bits per heavy atom. The third kappa shape index (κ3) is 5.74. The molecule has 0 saturated carbocycles. The molecule has 0 radical (unpaired) electrons. The number of carbonyl (C=O) groups is 1. The lowest BCUT2D eigenvalue weighted by atomic mass is 10.1. The van der Waals surface area contributed by atoms with E-state index >= 15 is 0 Å². The molecule has 0 aliphatic carbocycles. The van der Waals surface area contributed by atoms with Gasteiger partial charge >= 0.3 is 0 Å². The second kappa shape index (κ2) is 11.2. The number of carbonyl (C=O) groups excluding carboxylic acids is 1. The van der Waals surface area contributed by atoms with Crippen molar-refractivity contribution in [2.75, 3.05) is 19.8 Å². The number of aryl methyl sites for hydroxylation is 1. The molecule has 1 saturated heterocycles. The highest BCUT2D eigenvalue weighted by Gasteiger charge is 2.32. The smallest absolute Gasteiger partial charge is 0.266 e. The van der Waals surface area contributed by atoms with Crippen LogP contribution in [0.4, 0.5) is 5.69 Å². The number of thioether (sulfide) groups is 1. The number of rotatable bonds is 9. The zero-order valence-corrected chi connectivity index (χ0v) is 20.4. The zero-order valence-electron chi connectivity index (χ0n) is 19.6. The van der Waals surface area contributed by atoms with Gasteiger partial charge in [0, 0.05) is 6.54 Å². The molecule has 0 aromatic heterocycles. The van der Waals surface area contributed by atoms with Crippen molar-refractivity contribution in [1.29, 1.82) is 0 Å². The van der Waals surface area contributed by atoms with Crippen molar-refractivity contribution in [1.82, 2.24) is 4.90 Å². The van der Waals surface area contributed by atoms with Gasteiger partial charge in [0.1, 0.15) is 0 Å². The van der Waals surface area contributed by atoms with Crippen molar-refractivity contribution < 1.29 is 14.3 Å². The van der Waals surface area contributed by atoms with Crippen LogP contribution in [0.5, 0.6) is 11.5 Å². The number of amides is 1. The third-order valence-electron chi connectivity index (χ3n) is 4.93. The molecular formula is C26H32N2O3S. The molecule has 3 rings (SSSR count). The largest absolute Gasteiger partial charge is 0.490 e.